The minimum absolute atomic E-state index is 0.154. The first-order chi connectivity index (χ1) is 12.8. The van der Waals surface area contributed by atoms with E-state index in [-0.39, 0.29) is 22.2 Å². The zero-order chi connectivity index (χ0) is 19.3. The van der Waals surface area contributed by atoms with E-state index < -0.39 is 33.4 Å². The van der Waals surface area contributed by atoms with Crippen LogP contribution in [0.4, 0.5) is 0 Å². The molecule has 1 aromatic heterocycles. The van der Waals surface area contributed by atoms with E-state index >= 15 is 0 Å². The first-order valence-electron chi connectivity index (χ1n) is 8.69. The first-order valence-corrected chi connectivity index (χ1v) is 10.3. The van der Waals surface area contributed by atoms with E-state index in [1.165, 1.54) is 6.07 Å². The largest absolute Gasteiger partial charge is 0.481 e. The summed E-state index contributed by atoms with van der Waals surface area (Å²) in [4.78, 5) is 23.3. The molecule has 0 spiro atoms. The number of fused-ring (bicyclic) bond motifs is 3. The number of hydrogen-bond acceptors (Lipinski definition) is 5. The summed E-state index contributed by atoms with van der Waals surface area (Å²) in [5.74, 6) is -3.09. The van der Waals surface area contributed by atoms with Gasteiger partial charge in [0.2, 0.25) is 0 Å². The fourth-order valence-corrected chi connectivity index (χ4v) is 5.73. The molecule has 27 heavy (non-hydrogen) atoms. The molecule has 9 heteroatoms. The summed E-state index contributed by atoms with van der Waals surface area (Å²) in [5, 5.41) is 23.1. The molecule has 2 unspecified atom stereocenters. The van der Waals surface area contributed by atoms with Gasteiger partial charge < -0.3 is 10.2 Å². The molecule has 1 aromatic carbocycles. The van der Waals surface area contributed by atoms with Crippen molar-refractivity contribution < 1.29 is 28.2 Å². The van der Waals surface area contributed by atoms with Gasteiger partial charge in [0.1, 0.15) is 0 Å². The predicted molar refractivity (Wildman–Crippen MR) is 94.1 cm³/mol. The molecule has 2 atom stereocenters. The van der Waals surface area contributed by atoms with Crippen molar-refractivity contribution in [2.24, 2.45) is 5.92 Å². The van der Waals surface area contributed by atoms with Gasteiger partial charge in [-0.25, -0.2) is 13.2 Å². The van der Waals surface area contributed by atoms with Crippen LogP contribution < -0.4 is 0 Å². The van der Waals surface area contributed by atoms with Gasteiger partial charge in [0.25, 0.3) is 0 Å². The normalized spacial score (nSPS) is 23.3. The Balaban J connectivity index is 1.92. The highest BCUT2D eigenvalue weighted by Gasteiger charge is 2.38. The SMILES string of the molecule is O=C(O)c1nn(C2CCCC(C(=O)O)C2)c2c1CS(=O)(=O)c1ccccc1-2. The standard InChI is InChI=1S/C18H18N2O6S/c21-17(22)10-4-3-5-11(8-10)20-16-12-6-1-2-7-14(12)27(25,26)9-13(16)15(19-20)18(23)24/h1-2,6-7,10-11H,3-5,8-9H2,(H,21,22)(H,23,24). The van der Waals surface area contributed by atoms with Crippen LogP contribution in [0.2, 0.25) is 0 Å². The number of rotatable bonds is 3. The molecule has 142 valence electrons. The fraction of sp³-hybridized carbons (Fsp3) is 0.389. The average molecular weight is 390 g/mol. The minimum Gasteiger partial charge on any atom is -0.481 e. The van der Waals surface area contributed by atoms with E-state index in [1.54, 1.807) is 22.9 Å². The average Bonchev–Trinajstić information content (AvgIpc) is 3.01. The van der Waals surface area contributed by atoms with Crippen molar-refractivity contribution in [3.8, 4) is 11.3 Å². The lowest BCUT2D eigenvalue weighted by molar-refractivity contribution is -0.143. The van der Waals surface area contributed by atoms with Crippen LogP contribution in [-0.2, 0) is 20.4 Å². The summed E-state index contributed by atoms with van der Waals surface area (Å²) in [5.41, 5.74) is 0.809. The molecule has 2 aromatic rings. The fourth-order valence-electron chi connectivity index (χ4n) is 4.14. The third-order valence-electron chi connectivity index (χ3n) is 5.36. The van der Waals surface area contributed by atoms with E-state index in [0.29, 0.717) is 36.9 Å². The van der Waals surface area contributed by atoms with Crippen molar-refractivity contribution in [3.63, 3.8) is 0 Å². The third kappa shape index (κ3) is 2.82. The zero-order valence-corrected chi connectivity index (χ0v) is 15.1. The first kappa shape index (κ1) is 17.7. The van der Waals surface area contributed by atoms with Gasteiger partial charge in [-0.15, -0.1) is 0 Å². The van der Waals surface area contributed by atoms with Crippen LogP contribution in [-0.4, -0.2) is 40.3 Å². The smallest absolute Gasteiger partial charge is 0.356 e. The van der Waals surface area contributed by atoms with Crippen LogP contribution in [0.15, 0.2) is 29.2 Å². The van der Waals surface area contributed by atoms with Gasteiger partial charge in [-0.3, -0.25) is 9.48 Å². The van der Waals surface area contributed by atoms with Gasteiger partial charge in [-0.2, -0.15) is 5.10 Å². The molecule has 2 N–H and O–H groups in total. The maximum atomic E-state index is 12.6. The molecule has 1 aliphatic heterocycles. The molecule has 8 nitrogen and oxygen atoms in total. The summed E-state index contributed by atoms with van der Waals surface area (Å²) < 4.78 is 26.8. The number of carbonyl (C=O) groups is 2. The second-order valence-electron chi connectivity index (χ2n) is 7.04. The number of carboxylic acids is 2. The zero-order valence-electron chi connectivity index (χ0n) is 14.3. The van der Waals surface area contributed by atoms with E-state index in [0.717, 1.165) is 0 Å². The van der Waals surface area contributed by atoms with Crippen LogP contribution in [0.25, 0.3) is 11.3 Å². The third-order valence-corrected chi connectivity index (χ3v) is 7.06. The Morgan fingerprint density at radius 2 is 1.89 bits per heavy atom. The monoisotopic (exact) mass is 390 g/mol. The van der Waals surface area contributed by atoms with Crippen molar-refractivity contribution in [1.82, 2.24) is 9.78 Å². The summed E-state index contributed by atoms with van der Waals surface area (Å²) in [6.45, 7) is 0. The molecule has 4 rings (SSSR count). The lowest BCUT2D eigenvalue weighted by Crippen LogP contribution is -2.26. The van der Waals surface area contributed by atoms with Crippen molar-refractivity contribution in [2.45, 2.75) is 42.4 Å². The van der Waals surface area contributed by atoms with Crippen molar-refractivity contribution in [1.29, 1.82) is 0 Å². The van der Waals surface area contributed by atoms with Gasteiger partial charge in [-0.05, 0) is 25.3 Å². The summed E-state index contributed by atoms with van der Waals surface area (Å²) in [6.07, 6.45) is 2.29. The molecular formula is C18H18N2O6S. The number of carboxylic acid groups (broad SMARTS) is 2. The molecule has 0 radical (unpaired) electrons. The molecule has 0 bridgehead atoms. The van der Waals surface area contributed by atoms with Crippen molar-refractivity contribution in [2.75, 3.05) is 0 Å². The van der Waals surface area contributed by atoms with E-state index in [1.807, 2.05) is 0 Å². The van der Waals surface area contributed by atoms with Crippen molar-refractivity contribution >= 4 is 21.8 Å². The maximum Gasteiger partial charge on any atom is 0.356 e. The Bertz CT molecular complexity index is 1060. The molecule has 2 heterocycles. The van der Waals surface area contributed by atoms with Gasteiger partial charge >= 0.3 is 11.9 Å². The quantitative estimate of drug-likeness (QED) is 0.823. The van der Waals surface area contributed by atoms with Crippen LogP contribution in [0, 0.1) is 5.92 Å². The number of benzene rings is 1. The van der Waals surface area contributed by atoms with Gasteiger partial charge in [-0.1, -0.05) is 24.6 Å². The Kier molecular flexibility index (Phi) is 4.06. The highest BCUT2D eigenvalue weighted by atomic mass is 32.2. The summed E-state index contributed by atoms with van der Waals surface area (Å²) >= 11 is 0. The Morgan fingerprint density at radius 1 is 1.15 bits per heavy atom. The number of nitrogens with zero attached hydrogens (tertiary/aromatic N) is 2. The van der Waals surface area contributed by atoms with E-state index in [2.05, 4.69) is 5.10 Å². The van der Waals surface area contributed by atoms with Gasteiger partial charge in [0.15, 0.2) is 15.5 Å². The maximum absolute atomic E-state index is 12.6. The Labute approximate surface area is 155 Å². The Hall–Kier alpha value is -2.68. The van der Waals surface area contributed by atoms with E-state index in [9.17, 15) is 28.2 Å². The second kappa shape index (κ2) is 6.19. The van der Waals surface area contributed by atoms with Crippen LogP contribution in [0.1, 0.15) is 47.8 Å². The van der Waals surface area contributed by atoms with Gasteiger partial charge in [0, 0.05) is 11.1 Å². The number of aromatic nitrogens is 2. The molecule has 0 amide bonds. The lowest BCUT2D eigenvalue weighted by atomic mass is 9.85. The molecule has 1 fully saturated rings. The van der Waals surface area contributed by atoms with Gasteiger partial charge in [0.05, 0.1) is 28.3 Å². The molecule has 0 saturated heterocycles. The predicted octanol–water partition coefficient (Wildman–Crippen LogP) is 2.35. The number of sulfone groups is 1. The molecular weight excluding hydrogens is 372 g/mol. The van der Waals surface area contributed by atoms with Crippen LogP contribution in [0.5, 0.6) is 0 Å². The van der Waals surface area contributed by atoms with Crippen LogP contribution >= 0.6 is 0 Å². The lowest BCUT2D eigenvalue weighted by Gasteiger charge is -2.29. The molecule has 1 aliphatic carbocycles. The summed E-state index contributed by atoms with van der Waals surface area (Å²) in [7, 11) is -3.66. The minimum atomic E-state index is -3.66. The topological polar surface area (TPSA) is 127 Å². The summed E-state index contributed by atoms with van der Waals surface area (Å²) in [6, 6.07) is 6.19. The highest BCUT2D eigenvalue weighted by Crippen LogP contribution is 2.43. The molecule has 1 saturated carbocycles. The van der Waals surface area contributed by atoms with Crippen LogP contribution in [0.3, 0.4) is 0 Å². The van der Waals surface area contributed by atoms with E-state index in [4.69, 9.17) is 0 Å². The number of aliphatic carboxylic acids is 1. The number of aromatic carboxylic acids is 1. The number of hydrogen-bond donors (Lipinski definition) is 2. The second-order valence-corrected chi connectivity index (χ2v) is 8.99. The highest BCUT2D eigenvalue weighted by molar-refractivity contribution is 7.90. The molecule has 2 aliphatic rings. The van der Waals surface area contributed by atoms with Crippen molar-refractivity contribution in [3.05, 3.63) is 35.5 Å². The Morgan fingerprint density at radius 3 is 2.59 bits per heavy atom.